The summed E-state index contributed by atoms with van der Waals surface area (Å²) >= 11 is 0. The summed E-state index contributed by atoms with van der Waals surface area (Å²) in [6, 6.07) is 1.34. The smallest absolute Gasteiger partial charge is 0.416 e. The molecule has 1 saturated heterocycles. The van der Waals surface area contributed by atoms with Gasteiger partial charge in [-0.25, -0.2) is 14.8 Å². The van der Waals surface area contributed by atoms with Crippen molar-refractivity contribution in [2.24, 2.45) is 0 Å². The Balaban J connectivity index is 1.52. The number of amides is 3. The van der Waals surface area contributed by atoms with Crippen molar-refractivity contribution < 1.29 is 32.7 Å². The van der Waals surface area contributed by atoms with E-state index in [4.69, 9.17) is 5.11 Å². The number of hydrogen-bond acceptors (Lipinski definition) is 6. The van der Waals surface area contributed by atoms with E-state index >= 15 is 0 Å². The Hall–Kier alpha value is -3.64. The first-order chi connectivity index (χ1) is 16.5. The molecule has 1 saturated carbocycles. The highest BCUT2D eigenvalue weighted by molar-refractivity contribution is 5.93. The topological polar surface area (TPSA) is 137 Å². The molecule has 35 heavy (non-hydrogen) atoms. The number of likely N-dealkylation sites (tertiary alicyclic amines) is 1. The van der Waals surface area contributed by atoms with Gasteiger partial charge in [-0.3, -0.25) is 9.59 Å². The molecule has 1 aromatic carbocycles. The van der Waals surface area contributed by atoms with Gasteiger partial charge in [-0.2, -0.15) is 13.2 Å². The molecule has 4 rings (SSSR count). The lowest BCUT2D eigenvalue weighted by Gasteiger charge is -2.41. The van der Waals surface area contributed by atoms with Crippen molar-refractivity contribution in [1.29, 1.82) is 0 Å². The van der Waals surface area contributed by atoms with Crippen LogP contribution >= 0.6 is 0 Å². The maximum Gasteiger partial charge on any atom is 0.416 e. The predicted molar refractivity (Wildman–Crippen MR) is 118 cm³/mol. The number of fused-ring (bicyclic) bond motifs is 1. The molecule has 4 N–H and O–H groups in total. The zero-order valence-electron chi connectivity index (χ0n) is 18.8. The first kappa shape index (κ1) is 24.5. The van der Waals surface area contributed by atoms with Gasteiger partial charge < -0.3 is 26.0 Å². The highest BCUT2D eigenvalue weighted by Crippen LogP contribution is 2.33. The fraction of sp³-hybridized carbons (Fsp3) is 0.500. The Kier molecular flexibility index (Phi) is 6.68. The molecule has 2 aliphatic rings. The number of rotatable bonds is 5. The zero-order chi connectivity index (χ0) is 25.3. The van der Waals surface area contributed by atoms with Crippen LogP contribution in [0.4, 0.5) is 23.8 Å². The van der Waals surface area contributed by atoms with E-state index < -0.39 is 29.9 Å². The van der Waals surface area contributed by atoms with Crippen LogP contribution in [0.1, 0.15) is 38.2 Å². The van der Waals surface area contributed by atoms with Gasteiger partial charge in [0, 0.05) is 24.9 Å². The van der Waals surface area contributed by atoms with Gasteiger partial charge in [0.05, 0.1) is 23.2 Å². The number of nitrogens with zero attached hydrogens (tertiary/aromatic N) is 3. The number of hydrogen-bond donors (Lipinski definition) is 4. The molecule has 1 aliphatic carbocycles. The zero-order valence-corrected chi connectivity index (χ0v) is 18.8. The van der Waals surface area contributed by atoms with Crippen molar-refractivity contribution in [2.45, 2.75) is 63.0 Å². The van der Waals surface area contributed by atoms with Gasteiger partial charge in [-0.15, -0.1) is 0 Å². The fourth-order valence-corrected chi connectivity index (χ4v) is 4.93. The molecule has 0 bridgehead atoms. The van der Waals surface area contributed by atoms with Crippen LogP contribution in [0.25, 0.3) is 10.9 Å². The summed E-state index contributed by atoms with van der Waals surface area (Å²) in [6.07, 6.45) is -2.74. The van der Waals surface area contributed by atoms with Gasteiger partial charge >= 0.3 is 12.3 Å². The molecule has 2 fully saturated rings. The summed E-state index contributed by atoms with van der Waals surface area (Å²) < 4.78 is 39.6. The number of anilines is 1. The highest BCUT2D eigenvalue weighted by atomic mass is 19.4. The molecular formula is C22H25F3N6O4. The second-order valence-corrected chi connectivity index (χ2v) is 8.80. The van der Waals surface area contributed by atoms with Crippen molar-refractivity contribution in [3.63, 3.8) is 0 Å². The van der Waals surface area contributed by atoms with E-state index in [0.717, 1.165) is 12.1 Å². The second kappa shape index (κ2) is 9.55. The van der Waals surface area contributed by atoms with Crippen molar-refractivity contribution >= 4 is 34.6 Å². The Bertz CT molecular complexity index is 1140. The van der Waals surface area contributed by atoms with E-state index in [-0.39, 0.29) is 35.1 Å². The van der Waals surface area contributed by atoms with E-state index in [1.54, 1.807) is 4.90 Å². The largest absolute Gasteiger partial charge is 0.465 e. The van der Waals surface area contributed by atoms with Crippen molar-refractivity contribution in [1.82, 2.24) is 25.5 Å². The average molecular weight is 494 g/mol. The van der Waals surface area contributed by atoms with Crippen LogP contribution in [-0.2, 0) is 15.8 Å². The molecule has 2 aromatic rings. The third-order valence-electron chi connectivity index (χ3n) is 6.44. The van der Waals surface area contributed by atoms with E-state index in [1.165, 1.54) is 19.3 Å². The van der Waals surface area contributed by atoms with Gasteiger partial charge in [0.15, 0.2) is 0 Å². The van der Waals surface area contributed by atoms with E-state index in [2.05, 4.69) is 25.9 Å². The average Bonchev–Trinajstić information content (AvgIpc) is 3.12. The lowest BCUT2D eigenvalue weighted by molar-refractivity contribution is -0.137. The van der Waals surface area contributed by atoms with Crippen LogP contribution < -0.4 is 16.0 Å². The Morgan fingerprint density at radius 3 is 2.60 bits per heavy atom. The van der Waals surface area contributed by atoms with Crippen molar-refractivity contribution in [3.05, 3.63) is 30.1 Å². The number of carbonyl (C=O) groups excluding carboxylic acids is 2. The number of carbonyl (C=O) groups is 3. The molecule has 1 aromatic heterocycles. The molecule has 1 aliphatic heterocycles. The standard InChI is InChI=1S/C22H25F3N6O4/c1-11(32)28-17-9-13(29-21(34)35)3-5-18(17)31-7-6-16(20(31)33)30-19-14-8-12(22(23,24)25)2-4-15(14)26-10-27-19/h2,4,8,10,13,16-18,29H,3,5-7,9H2,1H3,(H,28,32)(H,34,35)(H,26,27,30)/t13-,16+,17-,18+/m1/s1. The van der Waals surface area contributed by atoms with Gasteiger partial charge in [0.1, 0.15) is 18.2 Å². The Labute approximate surface area is 198 Å². The third kappa shape index (κ3) is 5.38. The molecule has 13 heteroatoms. The molecule has 2 heterocycles. The SMILES string of the molecule is CC(=O)N[C@@H]1C[C@H](NC(=O)O)CC[C@@H]1N1CC[C@H](Nc2ncnc3ccc(C(F)(F)F)cc23)C1=O. The lowest BCUT2D eigenvalue weighted by atomic mass is 9.85. The normalized spacial score (nSPS) is 24.9. The van der Waals surface area contributed by atoms with Gasteiger partial charge in [0.25, 0.3) is 0 Å². The minimum Gasteiger partial charge on any atom is -0.465 e. The van der Waals surface area contributed by atoms with Gasteiger partial charge in [-0.05, 0) is 43.9 Å². The summed E-state index contributed by atoms with van der Waals surface area (Å²) in [7, 11) is 0. The number of alkyl halides is 3. The monoisotopic (exact) mass is 494 g/mol. The number of nitrogens with one attached hydrogen (secondary N) is 3. The summed E-state index contributed by atoms with van der Waals surface area (Å²) in [4.78, 5) is 45.8. The van der Waals surface area contributed by atoms with Crippen molar-refractivity contribution in [2.75, 3.05) is 11.9 Å². The summed E-state index contributed by atoms with van der Waals surface area (Å²) in [5.74, 6) is -0.409. The Morgan fingerprint density at radius 2 is 1.91 bits per heavy atom. The first-order valence-corrected chi connectivity index (χ1v) is 11.2. The minimum absolute atomic E-state index is 0.133. The van der Waals surface area contributed by atoms with Crippen LogP contribution in [0.2, 0.25) is 0 Å². The number of benzene rings is 1. The molecule has 10 nitrogen and oxygen atoms in total. The molecule has 0 spiro atoms. The maximum absolute atomic E-state index is 13.3. The van der Waals surface area contributed by atoms with Crippen LogP contribution in [0.15, 0.2) is 24.5 Å². The molecule has 0 unspecified atom stereocenters. The Morgan fingerprint density at radius 1 is 1.14 bits per heavy atom. The molecular weight excluding hydrogens is 469 g/mol. The van der Waals surface area contributed by atoms with Gasteiger partial charge in [-0.1, -0.05) is 0 Å². The van der Waals surface area contributed by atoms with E-state index in [0.29, 0.717) is 37.7 Å². The maximum atomic E-state index is 13.3. The highest BCUT2D eigenvalue weighted by Gasteiger charge is 2.42. The third-order valence-corrected chi connectivity index (χ3v) is 6.44. The van der Waals surface area contributed by atoms with Crippen LogP contribution in [0.5, 0.6) is 0 Å². The quantitative estimate of drug-likeness (QED) is 0.501. The number of carboxylic acid groups (broad SMARTS) is 1. The summed E-state index contributed by atoms with van der Waals surface area (Å²) in [5, 5.41) is 17.4. The summed E-state index contributed by atoms with van der Waals surface area (Å²) in [5.41, 5.74) is -0.528. The first-order valence-electron chi connectivity index (χ1n) is 11.2. The van der Waals surface area contributed by atoms with Crippen molar-refractivity contribution in [3.8, 4) is 0 Å². The number of aromatic nitrogens is 2. The fourth-order valence-electron chi connectivity index (χ4n) is 4.93. The molecule has 188 valence electrons. The molecule has 4 atom stereocenters. The molecule has 0 radical (unpaired) electrons. The van der Waals surface area contributed by atoms with Crippen LogP contribution in [0.3, 0.4) is 0 Å². The lowest BCUT2D eigenvalue weighted by Crippen LogP contribution is -2.58. The number of halogens is 3. The predicted octanol–water partition coefficient (Wildman–Crippen LogP) is 2.35. The molecule has 3 amide bonds. The van der Waals surface area contributed by atoms with Crippen LogP contribution in [-0.4, -0.2) is 68.6 Å². The minimum atomic E-state index is -4.53. The van der Waals surface area contributed by atoms with E-state index in [9.17, 15) is 27.6 Å². The van der Waals surface area contributed by atoms with Gasteiger partial charge in [0.2, 0.25) is 11.8 Å². The van der Waals surface area contributed by atoms with Crippen LogP contribution in [0, 0.1) is 0 Å². The van der Waals surface area contributed by atoms with E-state index in [1.807, 2.05) is 0 Å². The second-order valence-electron chi connectivity index (χ2n) is 8.80. The summed E-state index contributed by atoms with van der Waals surface area (Å²) in [6.45, 7) is 1.74.